The fourth-order valence-corrected chi connectivity index (χ4v) is 4.58. The second-order valence-corrected chi connectivity index (χ2v) is 9.00. The molecule has 3 heterocycles. The van der Waals surface area contributed by atoms with Crippen molar-refractivity contribution >= 4 is 22.6 Å². The molecular weight excluding hydrogens is 478 g/mol. The number of carbonyl (C=O) groups is 1. The summed E-state index contributed by atoms with van der Waals surface area (Å²) in [5, 5.41) is 4.24. The van der Waals surface area contributed by atoms with E-state index in [9.17, 15) is 13.6 Å². The monoisotopic (exact) mass is 504 g/mol. The van der Waals surface area contributed by atoms with Gasteiger partial charge in [0.25, 0.3) is 0 Å². The van der Waals surface area contributed by atoms with Crippen molar-refractivity contribution in [2.45, 2.75) is 18.9 Å². The summed E-state index contributed by atoms with van der Waals surface area (Å²) in [6, 6.07) is 11.2. The lowest BCUT2D eigenvalue weighted by Crippen LogP contribution is -2.43. The number of halogens is 2. The van der Waals surface area contributed by atoms with Gasteiger partial charge in [-0.05, 0) is 60.4 Å². The number of nitrogens with one attached hydrogen (secondary N) is 1. The summed E-state index contributed by atoms with van der Waals surface area (Å²) in [5.41, 5.74) is 7.81. The van der Waals surface area contributed by atoms with Crippen molar-refractivity contribution in [1.29, 1.82) is 0 Å². The highest BCUT2D eigenvalue weighted by Gasteiger charge is 2.23. The van der Waals surface area contributed by atoms with E-state index in [0.29, 0.717) is 39.4 Å². The van der Waals surface area contributed by atoms with Gasteiger partial charge in [-0.25, -0.2) is 18.7 Å². The maximum absolute atomic E-state index is 14.0. The van der Waals surface area contributed by atoms with Gasteiger partial charge >= 0.3 is 0 Å². The standard InChI is InChI=1S/C27H26F2N6O2/c1-37-23-13-18(16-4-5-21(28)22(29)12-16)11-20-25(23)33-26(17-3-2-8-31-14-17)34-27(20)32-19-6-9-35(10-7-19)15-24(30)36/h2-5,8,11-14,19H,6-7,9-10,15H2,1H3,(H2,30,36)(H,32,33,34). The number of ether oxygens (including phenoxy) is 1. The van der Waals surface area contributed by atoms with Gasteiger partial charge in [0.05, 0.1) is 13.7 Å². The number of amides is 1. The van der Waals surface area contributed by atoms with E-state index in [0.717, 1.165) is 43.6 Å². The number of hydrogen-bond acceptors (Lipinski definition) is 7. The number of hydrogen-bond donors (Lipinski definition) is 2. The molecule has 10 heteroatoms. The first-order valence-corrected chi connectivity index (χ1v) is 11.9. The molecule has 1 saturated heterocycles. The molecule has 1 aliphatic rings. The minimum atomic E-state index is -0.930. The second-order valence-electron chi connectivity index (χ2n) is 9.00. The van der Waals surface area contributed by atoms with Gasteiger partial charge in [0.1, 0.15) is 17.1 Å². The van der Waals surface area contributed by atoms with Gasteiger partial charge < -0.3 is 15.8 Å². The predicted octanol–water partition coefficient (Wildman–Crippen LogP) is 4.01. The molecule has 2 aromatic heterocycles. The highest BCUT2D eigenvalue weighted by Crippen LogP contribution is 2.36. The molecule has 1 aliphatic heterocycles. The van der Waals surface area contributed by atoms with E-state index >= 15 is 0 Å². The summed E-state index contributed by atoms with van der Waals surface area (Å²) < 4.78 is 33.3. The molecule has 5 rings (SSSR count). The number of methoxy groups -OCH3 is 1. The number of benzene rings is 2. The molecular formula is C27H26F2N6O2. The second kappa shape index (κ2) is 10.4. The lowest BCUT2D eigenvalue weighted by molar-refractivity contribution is -0.119. The molecule has 37 heavy (non-hydrogen) atoms. The third-order valence-electron chi connectivity index (χ3n) is 6.47. The normalized spacial score (nSPS) is 14.6. The number of likely N-dealkylation sites (tertiary alicyclic amines) is 1. The number of carbonyl (C=O) groups excluding carboxylic acids is 1. The molecule has 0 spiro atoms. The molecule has 0 saturated carbocycles. The van der Waals surface area contributed by atoms with Crippen LogP contribution in [0, 0.1) is 11.6 Å². The van der Waals surface area contributed by atoms with E-state index in [1.807, 2.05) is 23.1 Å². The fraction of sp³-hybridized carbons (Fsp3) is 0.259. The van der Waals surface area contributed by atoms with Crippen molar-refractivity contribution in [3.8, 4) is 28.3 Å². The van der Waals surface area contributed by atoms with Crippen LogP contribution in [0.1, 0.15) is 12.8 Å². The van der Waals surface area contributed by atoms with Crippen LogP contribution in [0.4, 0.5) is 14.6 Å². The summed E-state index contributed by atoms with van der Waals surface area (Å²) in [6.45, 7) is 1.69. The van der Waals surface area contributed by atoms with Crippen LogP contribution in [-0.2, 0) is 4.79 Å². The fourth-order valence-electron chi connectivity index (χ4n) is 4.58. The SMILES string of the molecule is COc1cc(-c2ccc(F)c(F)c2)cc2c(NC3CCN(CC(N)=O)CC3)nc(-c3cccnc3)nc12. The molecule has 0 unspecified atom stereocenters. The van der Waals surface area contributed by atoms with Crippen molar-refractivity contribution in [2.24, 2.45) is 5.73 Å². The predicted molar refractivity (Wildman–Crippen MR) is 137 cm³/mol. The number of fused-ring (bicyclic) bond motifs is 1. The zero-order valence-electron chi connectivity index (χ0n) is 20.2. The van der Waals surface area contributed by atoms with Crippen LogP contribution in [0.3, 0.4) is 0 Å². The Morgan fingerprint density at radius 3 is 2.57 bits per heavy atom. The molecule has 3 N–H and O–H groups in total. The Kier molecular flexibility index (Phi) is 6.91. The number of nitrogens with zero attached hydrogens (tertiary/aromatic N) is 4. The third kappa shape index (κ3) is 5.34. The Morgan fingerprint density at radius 1 is 1.08 bits per heavy atom. The highest BCUT2D eigenvalue weighted by molar-refractivity contribution is 5.98. The molecule has 4 aromatic rings. The van der Waals surface area contributed by atoms with Gasteiger partial charge in [-0.1, -0.05) is 6.07 Å². The Hall–Kier alpha value is -4.18. The topological polar surface area (TPSA) is 106 Å². The third-order valence-corrected chi connectivity index (χ3v) is 6.47. The van der Waals surface area contributed by atoms with E-state index in [-0.39, 0.29) is 18.5 Å². The minimum Gasteiger partial charge on any atom is -0.494 e. The smallest absolute Gasteiger partial charge is 0.231 e. The molecule has 1 fully saturated rings. The molecule has 190 valence electrons. The van der Waals surface area contributed by atoms with Crippen LogP contribution in [0.2, 0.25) is 0 Å². The Bertz CT molecular complexity index is 1440. The largest absolute Gasteiger partial charge is 0.494 e. The van der Waals surface area contributed by atoms with Crippen molar-refractivity contribution in [2.75, 3.05) is 32.1 Å². The Balaban J connectivity index is 1.59. The quantitative estimate of drug-likeness (QED) is 0.392. The molecule has 0 aliphatic carbocycles. The highest BCUT2D eigenvalue weighted by atomic mass is 19.2. The average Bonchev–Trinajstić information content (AvgIpc) is 2.91. The summed E-state index contributed by atoms with van der Waals surface area (Å²) in [5.74, 6) is -0.629. The number of piperidine rings is 1. The van der Waals surface area contributed by atoms with Crippen molar-refractivity contribution in [1.82, 2.24) is 19.9 Å². The van der Waals surface area contributed by atoms with E-state index in [1.165, 1.54) is 13.2 Å². The van der Waals surface area contributed by atoms with E-state index in [2.05, 4.69) is 10.3 Å². The molecule has 0 atom stereocenters. The number of primary amides is 1. The van der Waals surface area contributed by atoms with Crippen LogP contribution in [-0.4, -0.2) is 58.5 Å². The van der Waals surface area contributed by atoms with Crippen LogP contribution in [0.5, 0.6) is 5.75 Å². The van der Waals surface area contributed by atoms with Crippen molar-refractivity contribution in [3.05, 3.63) is 66.5 Å². The van der Waals surface area contributed by atoms with Crippen LogP contribution >= 0.6 is 0 Å². The van der Waals surface area contributed by atoms with Crippen LogP contribution in [0.15, 0.2) is 54.9 Å². The number of rotatable bonds is 7. The van der Waals surface area contributed by atoms with Crippen LogP contribution in [0.25, 0.3) is 33.4 Å². The summed E-state index contributed by atoms with van der Waals surface area (Å²) >= 11 is 0. The molecule has 2 aromatic carbocycles. The van der Waals surface area contributed by atoms with Gasteiger partial charge in [-0.15, -0.1) is 0 Å². The summed E-state index contributed by atoms with van der Waals surface area (Å²) in [4.78, 5) is 27.1. The Morgan fingerprint density at radius 2 is 1.89 bits per heavy atom. The van der Waals surface area contributed by atoms with Crippen LogP contribution < -0.4 is 15.8 Å². The maximum atomic E-state index is 14.0. The van der Waals surface area contributed by atoms with Gasteiger partial charge in [0, 0.05) is 42.5 Å². The first-order valence-electron chi connectivity index (χ1n) is 11.9. The van der Waals surface area contributed by atoms with Crippen molar-refractivity contribution < 1.29 is 18.3 Å². The van der Waals surface area contributed by atoms with Gasteiger partial charge in [-0.2, -0.15) is 0 Å². The van der Waals surface area contributed by atoms with Gasteiger partial charge in [-0.3, -0.25) is 14.7 Å². The average molecular weight is 505 g/mol. The summed E-state index contributed by atoms with van der Waals surface area (Å²) in [7, 11) is 1.54. The maximum Gasteiger partial charge on any atom is 0.231 e. The minimum absolute atomic E-state index is 0.0990. The zero-order valence-corrected chi connectivity index (χ0v) is 20.2. The zero-order chi connectivity index (χ0) is 25.9. The van der Waals surface area contributed by atoms with Crippen molar-refractivity contribution in [3.63, 3.8) is 0 Å². The molecule has 8 nitrogen and oxygen atoms in total. The first-order chi connectivity index (χ1) is 17.9. The van der Waals surface area contributed by atoms with Gasteiger partial charge in [0.15, 0.2) is 17.5 Å². The lowest BCUT2D eigenvalue weighted by atomic mass is 10.0. The van der Waals surface area contributed by atoms with Gasteiger partial charge in [0.2, 0.25) is 5.91 Å². The molecule has 0 bridgehead atoms. The first kappa shape index (κ1) is 24.5. The van der Waals surface area contributed by atoms with E-state index in [4.69, 9.17) is 20.4 Å². The van der Waals surface area contributed by atoms with E-state index < -0.39 is 11.6 Å². The molecule has 0 radical (unpaired) electrons. The number of aromatic nitrogens is 3. The Labute approximate surface area is 212 Å². The summed E-state index contributed by atoms with van der Waals surface area (Å²) in [6.07, 6.45) is 4.95. The lowest BCUT2D eigenvalue weighted by Gasteiger charge is -2.32. The van der Waals surface area contributed by atoms with E-state index in [1.54, 1.807) is 18.5 Å². The number of anilines is 1. The number of nitrogens with two attached hydrogens (primary N) is 1. The molecule has 1 amide bonds. The number of pyridine rings is 1.